The summed E-state index contributed by atoms with van der Waals surface area (Å²) in [4.78, 5) is 0. The molecule has 0 bridgehead atoms. The van der Waals surface area contributed by atoms with Gasteiger partial charge in [-0.1, -0.05) is 6.07 Å². The Bertz CT molecular complexity index is 399. The average Bonchev–Trinajstić information content (AvgIpc) is 2.29. The van der Waals surface area contributed by atoms with E-state index < -0.39 is 23.6 Å². The van der Waals surface area contributed by atoms with Crippen molar-refractivity contribution in [2.24, 2.45) is 0 Å². The van der Waals surface area contributed by atoms with Crippen LogP contribution in [0.25, 0.3) is 0 Å². The van der Waals surface area contributed by atoms with E-state index >= 15 is 0 Å². The number of nitrogens with one attached hydrogen (secondary N) is 1. The largest absolute Gasteiger partial charge is 0.416 e. The first-order valence-corrected chi connectivity index (χ1v) is 5.16. The standard InChI is InChI=1S/C11H11F4NO/c12-7-1-2-8(9(5-7)11(13,14)15)10-6-17-4-3-16-10/h1-2,5,10,16H,3-4,6H2/t10-/m1/s1. The zero-order valence-corrected chi connectivity index (χ0v) is 8.85. The van der Waals surface area contributed by atoms with Crippen LogP contribution in [0.1, 0.15) is 17.2 Å². The van der Waals surface area contributed by atoms with Crippen LogP contribution >= 0.6 is 0 Å². The molecule has 94 valence electrons. The summed E-state index contributed by atoms with van der Waals surface area (Å²) >= 11 is 0. The number of ether oxygens (including phenoxy) is 1. The number of halogens is 4. The van der Waals surface area contributed by atoms with Gasteiger partial charge >= 0.3 is 6.18 Å². The molecule has 17 heavy (non-hydrogen) atoms. The van der Waals surface area contributed by atoms with Crippen LogP contribution in [0.4, 0.5) is 17.6 Å². The highest BCUT2D eigenvalue weighted by Gasteiger charge is 2.36. The Morgan fingerprint density at radius 3 is 2.65 bits per heavy atom. The van der Waals surface area contributed by atoms with Crippen LogP contribution in [-0.2, 0) is 10.9 Å². The Balaban J connectivity index is 2.38. The number of hydrogen-bond acceptors (Lipinski definition) is 2. The maximum Gasteiger partial charge on any atom is 0.416 e. The summed E-state index contributed by atoms with van der Waals surface area (Å²) in [6.07, 6.45) is -4.56. The lowest BCUT2D eigenvalue weighted by molar-refractivity contribution is -0.138. The fourth-order valence-electron chi connectivity index (χ4n) is 1.84. The van der Waals surface area contributed by atoms with Crippen molar-refractivity contribution in [3.05, 3.63) is 35.1 Å². The smallest absolute Gasteiger partial charge is 0.378 e. The summed E-state index contributed by atoms with van der Waals surface area (Å²) in [5.41, 5.74) is -0.917. The normalized spacial score (nSPS) is 21.5. The minimum absolute atomic E-state index is 0.0265. The topological polar surface area (TPSA) is 21.3 Å². The van der Waals surface area contributed by atoms with Gasteiger partial charge in [-0.3, -0.25) is 0 Å². The first kappa shape index (κ1) is 12.3. The SMILES string of the molecule is Fc1ccc([C@H]2COCCN2)c(C(F)(F)F)c1. The van der Waals surface area contributed by atoms with Crippen molar-refractivity contribution in [2.75, 3.05) is 19.8 Å². The lowest BCUT2D eigenvalue weighted by Crippen LogP contribution is -2.35. The van der Waals surface area contributed by atoms with Crippen molar-refractivity contribution in [3.63, 3.8) is 0 Å². The van der Waals surface area contributed by atoms with Gasteiger partial charge in [-0.25, -0.2) is 4.39 Å². The van der Waals surface area contributed by atoms with E-state index in [4.69, 9.17) is 4.74 Å². The van der Waals surface area contributed by atoms with Gasteiger partial charge in [-0.2, -0.15) is 13.2 Å². The Labute approximate surface area is 95.6 Å². The Morgan fingerprint density at radius 2 is 2.06 bits per heavy atom. The summed E-state index contributed by atoms with van der Waals surface area (Å²) in [5.74, 6) is -0.891. The monoisotopic (exact) mass is 249 g/mol. The number of benzene rings is 1. The molecule has 1 N–H and O–H groups in total. The van der Waals surface area contributed by atoms with Crippen molar-refractivity contribution in [1.82, 2.24) is 5.32 Å². The van der Waals surface area contributed by atoms with E-state index in [1.165, 1.54) is 0 Å². The van der Waals surface area contributed by atoms with Crippen molar-refractivity contribution in [3.8, 4) is 0 Å². The summed E-state index contributed by atoms with van der Waals surface area (Å²) < 4.78 is 56.2. The van der Waals surface area contributed by atoms with Crippen LogP contribution in [0.2, 0.25) is 0 Å². The van der Waals surface area contributed by atoms with Gasteiger partial charge in [-0.15, -0.1) is 0 Å². The van der Waals surface area contributed by atoms with E-state index in [0.29, 0.717) is 19.2 Å². The summed E-state index contributed by atoms with van der Waals surface area (Å²) in [6, 6.07) is 2.16. The number of rotatable bonds is 1. The fraction of sp³-hybridized carbons (Fsp3) is 0.455. The molecule has 6 heteroatoms. The van der Waals surface area contributed by atoms with Crippen molar-refractivity contribution >= 4 is 0 Å². The first-order valence-electron chi connectivity index (χ1n) is 5.16. The molecule has 0 aromatic heterocycles. The van der Waals surface area contributed by atoms with Crippen LogP contribution in [0, 0.1) is 5.82 Å². The van der Waals surface area contributed by atoms with Crippen LogP contribution in [0.15, 0.2) is 18.2 Å². The minimum atomic E-state index is -4.56. The number of morpholine rings is 1. The third-order valence-electron chi connectivity index (χ3n) is 2.62. The predicted octanol–water partition coefficient (Wildman–Crippen LogP) is 2.51. The van der Waals surface area contributed by atoms with Gasteiger partial charge in [0.15, 0.2) is 0 Å². The molecule has 1 aliphatic heterocycles. The van der Waals surface area contributed by atoms with E-state index in [-0.39, 0.29) is 12.2 Å². The van der Waals surface area contributed by atoms with E-state index in [9.17, 15) is 17.6 Å². The molecule has 0 spiro atoms. The second-order valence-corrected chi connectivity index (χ2v) is 3.81. The molecule has 0 saturated carbocycles. The first-order chi connectivity index (χ1) is 7.98. The van der Waals surface area contributed by atoms with Gasteiger partial charge in [0.05, 0.1) is 24.8 Å². The minimum Gasteiger partial charge on any atom is -0.378 e. The molecule has 1 aliphatic rings. The highest BCUT2D eigenvalue weighted by Crippen LogP contribution is 2.35. The van der Waals surface area contributed by atoms with E-state index in [2.05, 4.69) is 5.32 Å². The summed E-state index contributed by atoms with van der Waals surface area (Å²) in [5, 5.41) is 2.92. The van der Waals surface area contributed by atoms with Crippen molar-refractivity contribution in [2.45, 2.75) is 12.2 Å². The van der Waals surface area contributed by atoms with Crippen LogP contribution in [0.3, 0.4) is 0 Å². The molecule has 1 atom stereocenters. The zero-order chi connectivity index (χ0) is 12.5. The lowest BCUT2D eigenvalue weighted by atomic mass is 9.99. The molecule has 1 aromatic rings. The molecular weight excluding hydrogens is 238 g/mol. The molecule has 1 aromatic carbocycles. The van der Waals surface area contributed by atoms with Gasteiger partial charge in [0, 0.05) is 6.54 Å². The van der Waals surface area contributed by atoms with Crippen molar-refractivity contribution < 1.29 is 22.3 Å². The second-order valence-electron chi connectivity index (χ2n) is 3.81. The van der Waals surface area contributed by atoms with E-state index in [1.54, 1.807) is 0 Å². The van der Waals surface area contributed by atoms with Gasteiger partial charge in [0.2, 0.25) is 0 Å². The van der Waals surface area contributed by atoms with E-state index in [1.807, 2.05) is 0 Å². The van der Waals surface area contributed by atoms with Gasteiger partial charge in [0.25, 0.3) is 0 Å². The molecule has 2 rings (SSSR count). The molecule has 0 radical (unpaired) electrons. The van der Waals surface area contributed by atoms with Crippen LogP contribution in [0.5, 0.6) is 0 Å². The third-order valence-corrected chi connectivity index (χ3v) is 2.62. The third kappa shape index (κ3) is 2.76. The molecule has 0 aliphatic carbocycles. The van der Waals surface area contributed by atoms with E-state index in [0.717, 1.165) is 12.1 Å². The zero-order valence-electron chi connectivity index (χ0n) is 8.85. The van der Waals surface area contributed by atoms with Gasteiger partial charge in [0.1, 0.15) is 5.82 Å². The Morgan fingerprint density at radius 1 is 1.29 bits per heavy atom. The highest BCUT2D eigenvalue weighted by molar-refractivity contribution is 5.33. The maximum atomic E-state index is 12.9. The second kappa shape index (κ2) is 4.62. The van der Waals surface area contributed by atoms with Crippen LogP contribution < -0.4 is 5.32 Å². The molecular formula is C11H11F4NO. The molecule has 2 nitrogen and oxygen atoms in total. The van der Waals surface area contributed by atoms with Crippen molar-refractivity contribution in [1.29, 1.82) is 0 Å². The quantitative estimate of drug-likeness (QED) is 0.772. The Hall–Kier alpha value is -1.14. The lowest BCUT2D eigenvalue weighted by Gasteiger charge is -2.26. The van der Waals surface area contributed by atoms with Gasteiger partial charge in [-0.05, 0) is 17.7 Å². The highest BCUT2D eigenvalue weighted by atomic mass is 19.4. The molecule has 0 unspecified atom stereocenters. The molecule has 1 heterocycles. The summed E-state index contributed by atoms with van der Waals surface area (Å²) in [7, 11) is 0. The Kier molecular flexibility index (Phi) is 3.35. The number of alkyl halides is 3. The fourth-order valence-corrected chi connectivity index (χ4v) is 1.84. The summed E-state index contributed by atoms with van der Waals surface area (Å²) in [6.45, 7) is 1.12. The number of hydrogen-bond donors (Lipinski definition) is 1. The predicted molar refractivity (Wildman–Crippen MR) is 53.0 cm³/mol. The molecule has 0 amide bonds. The van der Waals surface area contributed by atoms with Gasteiger partial charge < -0.3 is 10.1 Å². The maximum absolute atomic E-state index is 12.9. The molecule has 1 saturated heterocycles. The van der Waals surface area contributed by atoms with Crippen LogP contribution in [-0.4, -0.2) is 19.8 Å². The molecule has 1 fully saturated rings. The average molecular weight is 249 g/mol.